The number of rotatable bonds is 3. The van der Waals surface area contributed by atoms with Crippen molar-refractivity contribution in [2.24, 2.45) is 11.7 Å². The number of hydrogen-bond donors (Lipinski definition) is 1. The molecular formula is C9H14F3N3O2. The van der Waals surface area contributed by atoms with E-state index in [-0.39, 0.29) is 19.0 Å². The minimum atomic E-state index is -4.46. The molecule has 0 aromatic heterocycles. The molecule has 0 bridgehead atoms. The molecule has 0 aromatic carbocycles. The fourth-order valence-electron chi connectivity index (χ4n) is 1.51. The van der Waals surface area contributed by atoms with Crippen molar-refractivity contribution in [3.63, 3.8) is 0 Å². The third kappa shape index (κ3) is 3.32. The molecule has 1 aliphatic rings. The molecule has 1 rings (SSSR count). The van der Waals surface area contributed by atoms with E-state index in [1.54, 1.807) is 0 Å². The summed E-state index contributed by atoms with van der Waals surface area (Å²) in [6, 6.07) is 0. The Hall–Kier alpha value is -1.31. The van der Waals surface area contributed by atoms with Crippen LogP contribution in [0.15, 0.2) is 0 Å². The lowest BCUT2D eigenvalue weighted by molar-refractivity contribution is -0.180. The van der Waals surface area contributed by atoms with Gasteiger partial charge in [-0.2, -0.15) is 13.2 Å². The maximum Gasteiger partial charge on any atom is 0.394 e. The molecule has 17 heavy (non-hydrogen) atoms. The topological polar surface area (TPSA) is 66.6 Å². The summed E-state index contributed by atoms with van der Waals surface area (Å²) in [4.78, 5) is 24.8. The third-order valence-corrected chi connectivity index (χ3v) is 2.67. The summed E-state index contributed by atoms with van der Waals surface area (Å²) in [5, 5.41) is 0. The molecule has 8 heteroatoms. The van der Waals surface area contributed by atoms with Gasteiger partial charge in [-0.3, -0.25) is 9.59 Å². The minimum absolute atomic E-state index is 0.187. The Bertz CT molecular complexity index is 319. The van der Waals surface area contributed by atoms with Crippen LogP contribution in [0.5, 0.6) is 0 Å². The number of alkyl halides is 3. The summed E-state index contributed by atoms with van der Waals surface area (Å²) < 4.78 is 37.4. The third-order valence-electron chi connectivity index (χ3n) is 2.67. The monoisotopic (exact) mass is 253 g/mol. The zero-order valence-electron chi connectivity index (χ0n) is 9.33. The van der Waals surface area contributed by atoms with E-state index in [0.29, 0.717) is 0 Å². The van der Waals surface area contributed by atoms with Gasteiger partial charge in [-0.1, -0.05) is 0 Å². The van der Waals surface area contributed by atoms with Crippen molar-refractivity contribution in [3.8, 4) is 0 Å². The number of carbonyl (C=O) groups excluding carboxylic acids is 2. The molecule has 2 amide bonds. The zero-order valence-corrected chi connectivity index (χ0v) is 9.33. The number of piperazine rings is 1. The summed E-state index contributed by atoms with van der Waals surface area (Å²) in [7, 11) is 1.43. The van der Waals surface area contributed by atoms with E-state index in [1.807, 2.05) is 0 Å². The molecule has 5 nitrogen and oxygen atoms in total. The summed E-state index contributed by atoms with van der Waals surface area (Å²) >= 11 is 0. The van der Waals surface area contributed by atoms with Crippen LogP contribution in [0.4, 0.5) is 13.2 Å². The summed E-state index contributed by atoms with van der Waals surface area (Å²) in [6.45, 7) is -1.66. The molecule has 0 aromatic rings. The fourth-order valence-corrected chi connectivity index (χ4v) is 1.51. The van der Waals surface area contributed by atoms with Crippen molar-refractivity contribution < 1.29 is 22.8 Å². The van der Waals surface area contributed by atoms with Crippen molar-refractivity contribution in [3.05, 3.63) is 0 Å². The van der Waals surface area contributed by atoms with Gasteiger partial charge < -0.3 is 15.5 Å². The number of amides is 2. The van der Waals surface area contributed by atoms with Crippen LogP contribution >= 0.6 is 0 Å². The second-order valence-corrected chi connectivity index (χ2v) is 4.00. The SMILES string of the molecule is CN1CC(=O)N(CC(CN)C(F)(F)F)CC1=O. The van der Waals surface area contributed by atoms with Crippen LogP contribution in [0.25, 0.3) is 0 Å². The highest BCUT2D eigenvalue weighted by Crippen LogP contribution is 2.26. The lowest BCUT2D eigenvalue weighted by Gasteiger charge is -2.34. The normalized spacial score (nSPS) is 19.8. The molecule has 1 fully saturated rings. The lowest BCUT2D eigenvalue weighted by Crippen LogP contribution is -2.55. The first-order valence-electron chi connectivity index (χ1n) is 5.04. The zero-order chi connectivity index (χ0) is 13.2. The first-order chi connectivity index (χ1) is 7.75. The van der Waals surface area contributed by atoms with E-state index < -0.39 is 31.1 Å². The predicted molar refractivity (Wildman–Crippen MR) is 52.8 cm³/mol. The molecule has 1 aliphatic heterocycles. The first kappa shape index (κ1) is 13.8. The minimum Gasteiger partial charge on any atom is -0.335 e. The van der Waals surface area contributed by atoms with Gasteiger partial charge >= 0.3 is 6.18 Å². The molecule has 0 aliphatic carbocycles. The maximum atomic E-state index is 12.5. The summed E-state index contributed by atoms with van der Waals surface area (Å²) in [5.41, 5.74) is 5.03. The summed E-state index contributed by atoms with van der Waals surface area (Å²) in [6.07, 6.45) is -4.46. The van der Waals surface area contributed by atoms with Crippen molar-refractivity contribution in [2.75, 3.05) is 33.2 Å². The Morgan fingerprint density at radius 1 is 1.29 bits per heavy atom. The molecule has 0 spiro atoms. The van der Waals surface area contributed by atoms with E-state index in [1.165, 1.54) is 11.9 Å². The van der Waals surface area contributed by atoms with Crippen LogP contribution in [0.2, 0.25) is 0 Å². The fraction of sp³-hybridized carbons (Fsp3) is 0.778. The largest absolute Gasteiger partial charge is 0.394 e. The summed E-state index contributed by atoms with van der Waals surface area (Å²) in [5.74, 6) is -2.65. The number of hydrogen-bond acceptors (Lipinski definition) is 3. The molecule has 0 saturated carbocycles. The Morgan fingerprint density at radius 2 is 1.88 bits per heavy atom. The molecular weight excluding hydrogens is 239 g/mol. The van der Waals surface area contributed by atoms with Gasteiger partial charge in [0.25, 0.3) is 0 Å². The highest BCUT2D eigenvalue weighted by Gasteiger charge is 2.41. The van der Waals surface area contributed by atoms with E-state index in [9.17, 15) is 22.8 Å². The van der Waals surface area contributed by atoms with Crippen molar-refractivity contribution in [2.45, 2.75) is 6.18 Å². The van der Waals surface area contributed by atoms with Crippen LogP contribution < -0.4 is 5.73 Å². The van der Waals surface area contributed by atoms with Gasteiger partial charge in [-0.05, 0) is 0 Å². The van der Waals surface area contributed by atoms with Crippen molar-refractivity contribution >= 4 is 11.8 Å². The van der Waals surface area contributed by atoms with Crippen LogP contribution in [-0.4, -0.2) is 61.0 Å². The smallest absolute Gasteiger partial charge is 0.335 e. The standard InChI is InChI=1S/C9H14F3N3O2/c1-14-4-8(17)15(5-7(14)16)3-6(2-13)9(10,11)12/h6H,2-5,13H2,1H3. The van der Waals surface area contributed by atoms with E-state index in [2.05, 4.69) is 0 Å². The van der Waals surface area contributed by atoms with E-state index >= 15 is 0 Å². The maximum absolute atomic E-state index is 12.5. The van der Waals surface area contributed by atoms with Crippen LogP contribution in [0.1, 0.15) is 0 Å². The highest BCUT2D eigenvalue weighted by molar-refractivity contribution is 5.92. The van der Waals surface area contributed by atoms with Crippen molar-refractivity contribution in [1.82, 2.24) is 9.80 Å². The number of nitrogens with zero attached hydrogens (tertiary/aromatic N) is 2. The number of nitrogens with two attached hydrogens (primary N) is 1. The highest BCUT2D eigenvalue weighted by atomic mass is 19.4. The quantitative estimate of drug-likeness (QED) is 0.732. The van der Waals surface area contributed by atoms with Gasteiger partial charge in [0, 0.05) is 20.1 Å². The van der Waals surface area contributed by atoms with Gasteiger partial charge in [0.05, 0.1) is 19.0 Å². The van der Waals surface area contributed by atoms with Crippen LogP contribution in [-0.2, 0) is 9.59 Å². The second-order valence-electron chi connectivity index (χ2n) is 4.00. The number of carbonyl (C=O) groups is 2. The van der Waals surface area contributed by atoms with Gasteiger partial charge in [0.2, 0.25) is 11.8 Å². The first-order valence-corrected chi connectivity index (χ1v) is 5.04. The van der Waals surface area contributed by atoms with Gasteiger partial charge in [0.1, 0.15) is 0 Å². The van der Waals surface area contributed by atoms with Crippen molar-refractivity contribution in [1.29, 1.82) is 0 Å². The van der Waals surface area contributed by atoms with Gasteiger partial charge in [-0.15, -0.1) is 0 Å². The lowest BCUT2D eigenvalue weighted by atomic mass is 10.1. The second kappa shape index (κ2) is 4.91. The Kier molecular flexibility index (Phi) is 3.97. The molecule has 1 heterocycles. The van der Waals surface area contributed by atoms with Crippen LogP contribution in [0.3, 0.4) is 0 Å². The van der Waals surface area contributed by atoms with E-state index in [0.717, 1.165) is 4.90 Å². The molecule has 0 radical (unpaired) electrons. The number of halogens is 3. The predicted octanol–water partition coefficient (Wildman–Crippen LogP) is -0.576. The Labute approximate surface area is 96.3 Å². The van der Waals surface area contributed by atoms with Crippen LogP contribution in [0, 0.1) is 5.92 Å². The molecule has 1 saturated heterocycles. The van der Waals surface area contributed by atoms with Gasteiger partial charge in [-0.25, -0.2) is 0 Å². The molecule has 2 N–H and O–H groups in total. The average Bonchev–Trinajstić information content (AvgIpc) is 2.19. The van der Waals surface area contributed by atoms with Gasteiger partial charge in [0.15, 0.2) is 0 Å². The Morgan fingerprint density at radius 3 is 2.35 bits per heavy atom. The average molecular weight is 253 g/mol. The molecule has 1 unspecified atom stereocenters. The molecule has 1 atom stereocenters. The molecule has 98 valence electrons. The van der Waals surface area contributed by atoms with E-state index in [4.69, 9.17) is 5.73 Å². The Balaban J connectivity index is 2.67. The number of likely N-dealkylation sites (N-methyl/N-ethyl adjacent to an activating group) is 1.